The Morgan fingerprint density at radius 3 is 2.37 bits per heavy atom. The fourth-order valence-electron chi connectivity index (χ4n) is 4.34. The maximum Gasteiger partial charge on any atom is 0.324 e. The summed E-state index contributed by atoms with van der Waals surface area (Å²) < 4.78 is 0. The zero-order valence-electron chi connectivity index (χ0n) is 16.7. The molecule has 6 nitrogen and oxygen atoms in total. The Labute approximate surface area is 166 Å². The molecule has 0 aromatic carbocycles. The second kappa shape index (κ2) is 9.04. The van der Waals surface area contributed by atoms with Crippen molar-refractivity contribution in [2.24, 2.45) is 5.92 Å². The molecule has 2 heterocycles. The number of carbonyl (C=O) groups excluding carboxylic acids is 2. The molecule has 1 saturated heterocycles. The number of amides is 3. The minimum absolute atomic E-state index is 0.0239. The minimum Gasteiger partial charge on any atom is -0.343 e. The van der Waals surface area contributed by atoms with Gasteiger partial charge in [0, 0.05) is 42.7 Å². The topological polar surface area (TPSA) is 65.5 Å². The number of likely N-dealkylation sites (tertiary alicyclic amines) is 1. The van der Waals surface area contributed by atoms with E-state index in [-0.39, 0.29) is 18.0 Å². The highest BCUT2D eigenvalue weighted by Crippen LogP contribution is 2.31. The molecule has 0 atom stereocenters. The Bertz CT molecular complexity index is 646. The predicted octanol–water partition coefficient (Wildman–Crippen LogP) is 4.27. The van der Waals surface area contributed by atoms with Crippen LogP contribution in [0.4, 0.5) is 9.93 Å². The largest absolute Gasteiger partial charge is 0.343 e. The van der Waals surface area contributed by atoms with Crippen LogP contribution in [-0.2, 0) is 4.79 Å². The molecule has 1 aliphatic carbocycles. The summed E-state index contributed by atoms with van der Waals surface area (Å²) in [6.45, 7) is 7.70. The van der Waals surface area contributed by atoms with Gasteiger partial charge in [-0.25, -0.2) is 9.78 Å². The quantitative estimate of drug-likeness (QED) is 0.832. The molecule has 7 heteroatoms. The molecule has 3 rings (SSSR count). The lowest BCUT2D eigenvalue weighted by Gasteiger charge is -2.44. The normalized spacial score (nSPS) is 23.9. The zero-order chi connectivity index (χ0) is 19.4. The van der Waals surface area contributed by atoms with Crippen LogP contribution < -0.4 is 5.32 Å². The van der Waals surface area contributed by atoms with E-state index < -0.39 is 0 Å². The Kier molecular flexibility index (Phi) is 6.73. The molecule has 2 aliphatic rings. The van der Waals surface area contributed by atoms with Gasteiger partial charge in [-0.1, -0.05) is 13.8 Å². The number of aryl methyl sites for hydroxylation is 1. The molecule has 1 N–H and O–H groups in total. The number of rotatable bonds is 4. The first-order chi connectivity index (χ1) is 13.0. The van der Waals surface area contributed by atoms with E-state index in [1.54, 1.807) is 6.20 Å². The molecule has 3 amide bonds. The van der Waals surface area contributed by atoms with Gasteiger partial charge in [0.1, 0.15) is 0 Å². The molecule has 1 aromatic heterocycles. The third kappa shape index (κ3) is 5.00. The van der Waals surface area contributed by atoms with Crippen LogP contribution in [0, 0.1) is 12.8 Å². The third-order valence-corrected chi connectivity index (χ3v) is 6.79. The first-order valence-electron chi connectivity index (χ1n) is 10.3. The van der Waals surface area contributed by atoms with Crippen LogP contribution in [-0.4, -0.2) is 51.9 Å². The first-order valence-corrected chi connectivity index (χ1v) is 11.1. The molecule has 150 valence electrons. The van der Waals surface area contributed by atoms with Crippen molar-refractivity contribution in [1.82, 2.24) is 14.8 Å². The number of anilines is 1. The van der Waals surface area contributed by atoms with Crippen LogP contribution >= 0.6 is 11.3 Å². The van der Waals surface area contributed by atoms with Crippen molar-refractivity contribution >= 4 is 28.4 Å². The fraction of sp³-hybridized carbons (Fsp3) is 0.750. The van der Waals surface area contributed by atoms with Gasteiger partial charge in [0.05, 0.1) is 0 Å². The molecule has 0 spiro atoms. The first kappa shape index (κ1) is 20.1. The van der Waals surface area contributed by atoms with Crippen molar-refractivity contribution in [1.29, 1.82) is 0 Å². The molecular weight excluding hydrogens is 360 g/mol. The molecule has 0 bridgehead atoms. The second-order valence-corrected chi connectivity index (χ2v) is 9.23. The Morgan fingerprint density at radius 1 is 1.19 bits per heavy atom. The van der Waals surface area contributed by atoms with E-state index in [9.17, 15) is 9.59 Å². The van der Waals surface area contributed by atoms with Crippen LogP contribution in [0.5, 0.6) is 0 Å². The summed E-state index contributed by atoms with van der Waals surface area (Å²) in [5.41, 5.74) is 0. The molecule has 2 fully saturated rings. The number of hydrogen-bond donors (Lipinski definition) is 1. The van der Waals surface area contributed by atoms with E-state index in [4.69, 9.17) is 0 Å². The van der Waals surface area contributed by atoms with Gasteiger partial charge in [-0.2, -0.15) is 0 Å². The van der Waals surface area contributed by atoms with Crippen molar-refractivity contribution in [3.8, 4) is 0 Å². The Morgan fingerprint density at radius 2 is 1.81 bits per heavy atom. The van der Waals surface area contributed by atoms with Crippen LogP contribution in [0.15, 0.2) is 6.20 Å². The highest BCUT2D eigenvalue weighted by Gasteiger charge is 2.35. The van der Waals surface area contributed by atoms with Gasteiger partial charge in [0.25, 0.3) is 0 Å². The van der Waals surface area contributed by atoms with Crippen molar-refractivity contribution < 1.29 is 9.59 Å². The smallest absolute Gasteiger partial charge is 0.324 e. The number of thiazole rings is 1. The highest BCUT2D eigenvalue weighted by molar-refractivity contribution is 7.15. The molecule has 1 aromatic rings. The van der Waals surface area contributed by atoms with Gasteiger partial charge in [-0.05, 0) is 51.4 Å². The standard InChI is InChI=1S/C20H32N4O2S/c1-4-18(25)23-11-9-17(10-12-23)24(16-7-5-14(2)6-8-16)20(26)22-19-21-13-15(3)27-19/h13-14,16-17H,4-12H2,1-3H3,(H,21,22,26)/t14-,16-. The van der Waals surface area contributed by atoms with E-state index in [1.165, 1.54) is 24.2 Å². The average Bonchev–Trinajstić information content (AvgIpc) is 3.08. The summed E-state index contributed by atoms with van der Waals surface area (Å²) >= 11 is 1.51. The van der Waals surface area contributed by atoms with Gasteiger partial charge < -0.3 is 9.80 Å². The van der Waals surface area contributed by atoms with Crippen molar-refractivity contribution in [2.45, 2.75) is 77.8 Å². The van der Waals surface area contributed by atoms with Gasteiger partial charge in [0.2, 0.25) is 5.91 Å². The van der Waals surface area contributed by atoms with Crippen LogP contribution in [0.25, 0.3) is 0 Å². The number of piperidine rings is 1. The van der Waals surface area contributed by atoms with Crippen LogP contribution in [0.2, 0.25) is 0 Å². The lowest BCUT2D eigenvalue weighted by molar-refractivity contribution is -0.132. The van der Waals surface area contributed by atoms with Crippen LogP contribution in [0.3, 0.4) is 0 Å². The molecular formula is C20H32N4O2S. The van der Waals surface area contributed by atoms with Gasteiger partial charge >= 0.3 is 6.03 Å². The van der Waals surface area contributed by atoms with E-state index in [1.807, 2.05) is 18.7 Å². The van der Waals surface area contributed by atoms with Crippen LogP contribution in [0.1, 0.15) is 63.7 Å². The third-order valence-electron chi connectivity index (χ3n) is 5.96. The van der Waals surface area contributed by atoms with E-state index in [0.29, 0.717) is 17.6 Å². The fourth-order valence-corrected chi connectivity index (χ4v) is 4.99. The monoisotopic (exact) mass is 392 g/mol. The van der Waals surface area contributed by atoms with Gasteiger partial charge in [-0.15, -0.1) is 11.3 Å². The predicted molar refractivity (Wildman–Crippen MR) is 109 cm³/mol. The number of urea groups is 1. The molecule has 1 saturated carbocycles. The lowest BCUT2D eigenvalue weighted by Crippen LogP contribution is -2.54. The SMILES string of the molecule is CCC(=O)N1CCC(N(C(=O)Nc2ncc(C)s2)[C@H]2CC[C@H](C)CC2)CC1. The molecule has 1 aliphatic heterocycles. The summed E-state index contributed by atoms with van der Waals surface area (Å²) in [5, 5.41) is 3.70. The summed E-state index contributed by atoms with van der Waals surface area (Å²) in [6, 6.07) is 0.468. The summed E-state index contributed by atoms with van der Waals surface area (Å²) in [7, 11) is 0. The average molecular weight is 393 g/mol. The van der Waals surface area contributed by atoms with Crippen molar-refractivity contribution in [3.05, 3.63) is 11.1 Å². The zero-order valence-corrected chi connectivity index (χ0v) is 17.6. The van der Waals surface area contributed by atoms with E-state index in [2.05, 4.69) is 22.1 Å². The van der Waals surface area contributed by atoms with E-state index in [0.717, 1.165) is 49.6 Å². The van der Waals surface area contributed by atoms with Crippen molar-refractivity contribution in [3.63, 3.8) is 0 Å². The number of nitrogens with one attached hydrogen (secondary N) is 1. The number of hydrogen-bond acceptors (Lipinski definition) is 4. The lowest BCUT2D eigenvalue weighted by atomic mass is 9.85. The number of aromatic nitrogens is 1. The number of nitrogens with zero attached hydrogens (tertiary/aromatic N) is 3. The Balaban J connectivity index is 1.70. The van der Waals surface area contributed by atoms with E-state index >= 15 is 0 Å². The van der Waals surface area contributed by atoms with Gasteiger partial charge in [-0.3, -0.25) is 10.1 Å². The summed E-state index contributed by atoms with van der Waals surface area (Å²) in [4.78, 5) is 34.6. The molecule has 27 heavy (non-hydrogen) atoms. The van der Waals surface area contributed by atoms with Gasteiger partial charge in [0.15, 0.2) is 5.13 Å². The second-order valence-electron chi connectivity index (χ2n) is 7.99. The minimum atomic E-state index is -0.0239. The number of carbonyl (C=O) groups is 2. The highest BCUT2D eigenvalue weighted by atomic mass is 32.1. The Hall–Kier alpha value is -1.63. The summed E-state index contributed by atoms with van der Waals surface area (Å²) in [5.74, 6) is 0.964. The van der Waals surface area contributed by atoms with Crippen molar-refractivity contribution in [2.75, 3.05) is 18.4 Å². The summed E-state index contributed by atoms with van der Waals surface area (Å²) in [6.07, 6.45) is 8.57. The maximum atomic E-state index is 13.2. The molecule has 0 radical (unpaired) electrons. The molecule has 0 unspecified atom stereocenters. The maximum absolute atomic E-state index is 13.2.